The molecule has 23 heavy (non-hydrogen) atoms. The molecule has 2 rings (SSSR count). The number of nitrogens with zero attached hydrogens (tertiary/aromatic N) is 4. The van der Waals surface area contributed by atoms with E-state index in [0.717, 1.165) is 36.2 Å². The molecule has 0 bridgehead atoms. The van der Waals surface area contributed by atoms with Crippen LogP contribution in [-0.4, -0.2) is 45.0 Å². The summed E-state index contributed by atoms with van der Waals surface area (Å²) in [6.07, 6.45) is 6.18. The summed E-state index contributed by atoms with van der Waals surface area (Å²) in [5.74, 6) is 0.899. The molecule has 126 valence electrons. The molecule has 0 fully saturated rings. The van der Waals surface area contributed by atoms with E-state index in [2.05, 4.69) is 32.6 Å². The van der Waals surface area contributed by atoms with Crippen LogP contribution in [0.3, 0.4) is 0 Å². The molecule has 0 aliphatic rings. The summed E-state index contributed by atoms with van der Waals surface area (Å²) in [6.45, 7) is 6.11. The zero-order valence-corrected chi connectivity index (χ0v) is 14.7. The van der Waals surface area contributed by atoms with Crippen LogP contribution in [0.2, 0.25) is 0 Å². The fraction of sp³-hybridized carbons (Fsp3) is 0.600. The molecule has 2 heterocycles. The maximum Gasteiger partial charge on any atom is 0.220 e. The van der Waals surface area contributed by atoms with Crippen molar-refractivity contribution >= 4 is 34.5 Å². The van der Waals surface area contributed by atoms with E-state index in [1.807, 2.05) is 17.9 Å². The number of anilines is 1. The van der Waals surface area contributed by atoms with Gasteiger partial charge in [0.2, 0.25) is 5.91 Å². The van der Waals surface area contributed by atoms with Gasteiger partial charge in [-0.2, -0.15) is 5.10 Å². The van der Waals surface area contributed by atoms with Gasteiger partial charge in [-0.1, -0.05) is 25.6 Å². The van der Waals surface area contributed by atoms with Crippen LogP contribution in [0.5, 0.6) is 0 Å². The van der Waals surface area contributed by atoms with Gasteiger partial charge in [-0.25, -0.2) is 14.6 Å². The molecule has 0 aliphatic heterocycles. The number of aromatic nitrogens is 4. The normalized spacial score (nSPS) is 10.9. The van der Waals surface area contributed by atoms with E-state index in [1.54, 1.807) is 6.20 Å². The third-order valence-corrected chi connectivity index (χ3v) is 3.87. The third-order valence-electron chi connectivity index (χ3n) is 3.32. The van der Waals surface area contributed by atoms with E-state index in [1.165, 1.54) is 11.8 Å². The van der Waals surface area contributed by atoms with E-state index in [0.29, 0.717) is 24.7 Å². The van der Waals surface area contributed by atoms with Crippen LogP contribution in [0.15, 0.2) is 11.4 Å². The number of carbonyl (C=O) groups excluding carboxylic acids is 1. The van der Waals surface area contributed by atoms with E-state index in [9.17, 15) is 4.79 Å². The predicted octanol–water partition coefficient (Wildman–Crippen LogP) is 2.29. The second-order valence-electron chi connectivity index (χ2n) is 5.19. The van der Waals surface area contributed by atoms with Crippen molar-refractivity contribution in [2.24, 2.45) is 0 Å². The van der Waals surface area contributed by atoms with E-state index >= 15 is 0 Å². The summed E-state index contributed by atoms with van der Waals surface area (Å²) in [4.78, 5) is 20.6. The number of hydrogen-bond donors (Lipinski definition) is 2. The highest BCUT2D eigenvalue weighted by Gasteiger charge is 2.12. The van der Waals surface area contributed by atoms with Crippen LogP contribution in [0, 0.1) is 0 Å². The Kier molecular flexibility index (Phi) is 6.64. The average molecular weight is 336 g/mol. The van der Waals surface area contributed by atoms with Crippen LogP contribution in [0.4, 0.5) is 5.82 Å². The third kappa shape index (κ3) is 4.57. The first kappa shape index (κ1) is 17.5. The Morgan fingerprint density at radius 1 is 1.26 bits per heavy atom. The van der Waals surface area contributed by atoms with Gasteiger partial charge in [0, 0.05) is 19.5 Å². The minimum absolute atomic E-state index is 0.0775. The maximum atomic E-state index is 11.5. The number of amides is 1. The van der Waals surface area contributed by atoms with Gasteiger partial charge in [0.05, 0.1) is 18.1 Å². The number of fused-ring (bicyclic) bond motifs is 1. The van der Waals surface area contributed by atoms with Gasteiger partial charge in [0.15, 0.2) is 10.8 Å². The van der Waals surface area contributed by atoms with Crippen LogP contribution in [0.25, 0.3) is 11.0 Å². The summed E-state index contributed by atoms with van der Waals surface area (Å²) < 4.78 is 1.82. The zero-order valence-electron chi connectivity index (χ0n) is 13.9. The fourth-order valence-electron chi connectivity index (χ4n) is 2.19. The molecule has 2 N–H and O–H groups in total. The molecule has 0 aromatic carbocycles. The highest BCUT2D eigenvalue weighted by Crippen LogP contribution is 2.23. The molecule has 0 spiro atoms. The molecule has 2 aromatic heterocycles. The molecule has 2 aromatic rings. The van der Waals surface area contributed by atoms with Crippen molar-refractivity contribution in [3.63, 3.8) is 0 Å². The van der Waals surface area contributed by atoms with Gasteiger partial charge in [-0.3, -0.25) is 4.79 Å². The number of carbonyl (C=O) groups is 1. The Labute approximate surface area is 140 Å². The van der Waals surface area contributed by atoms with Crippen molar-refractivity contribution in [2.45, 2.75) is 44.8 Å². The summed E-state index contributed by atoms with van der Waals surface area (Å²) in [6, 6.07) is 0. The minimum Gasteiger partial charge on any atom is -0.369 e. The maximum absolute atomic E-state index is 11.5. The van der Waals surface area contributed by atoms with Crippen LogP contribution < -0.4 is 10.6 Å². The van der Waals surface area contributed by atoms with Gasteiger partial charge < -0.3 is 10.6 Å². The first-order valence-electron chi connectivity index (χ1n) is 7.97. The summed E-state index contributed by atoms with van der Waals surface area (Å²) in [5.41, 5.74) is 0.799. The van der Waals surface area contributed by atoms with Gasteiger partial charge in [-0.05, 0) is 19.1 Å². The molecule has 0 atom stereocenters. The van der Waals surface area contributed by atoms with Gasteiger partial charge in [0.25, 0.3) is 0 Å². The van der Waals surface area contributed by atoms with Crippen LogP contribution >= 0.6 is 11.8 Å². The molecule has 0 unspecified atom stereocenters. The Morgan fingerprint density at radius 2 is 2.09 bits per heavy atom. The van der Waals surface area contributed by atoms with Gasteiger partial charge in [-0.15, -0.1) is 0 Å². The molecule has 8 heteroatoms. The summed E-state index contributed by atoms with van der Waals surface area (Å²) in [7, 11) is 0. The number of hydrogen-bond acceptors (Lipinski definition) is 6. The Balaban J connectivity index is 2.16. The first-order valence-corrected chi connectivity index (χ1v) is 9.20. The van der Waals surface area contributed by atoms with Crippen molar-refractivity contribution in [2.75, 3.05) is 24.7 Å². The fourth-order valence-corrected chi connectivity index (χ4v) is 2.55. The Bertz CT molecular complexity index is 657. The molecule has 0 radical (unpaired) electrons. The lowest BCUT2D eigenvalue weighted by atomic mass is 10.3. The summed E-state index contributed by atoms with van der Waals surface area (Å²) in [5, 5.41) is 12.3. The second-order valence-corrected chi connectivity index (χ2v) is 5.96. The number of thioether (sulfide) groups is 1. The molecule has 1 amide bonds. The van der Waals surface area contributed by atoms with Crippen molar-refractivity contribution in [1.29, 1.82) is 0 Å². The lowest BCUT2D eigenvalue weighted by molar-refractivity contribution is -0.121. The van der Waals surface area contributed by atoms with Gasteiger partial charge >= 0.3 is 0 Å². The van der Waals surface area contributed by atoms with Gasteiger partial charge in [0.1, 0.15) is 5.82 Å². The Morgan fingerprint density at radius 3 is 2.78 bits per heavy atom. The lowest BCUT2D eigenvalue weighted by Crippen LogP contribution is -2.27. The highest BCUT2D eigenvalue weighted by atomic mass is 32.2. The monoisotopic (exact) mass is 336 g/mol. The Hall–Kier alpha value is -1.83. The molecule has 0 saturated heterocycles. The first-order chi connectivity index (χ1) is 11.2. The predicted molar refractivity (Wildman–Crippen MR) is 93.8 cm³/mol. The minimum atomic E-state index is 0.0775. The van der Waals surface area contributed by atoms with Crippen molar-refractivity contribution in [3.05, 3.63) is 6.20 Å². The zero-order chi connectivity index (χ0) is 16.7. The second kappa shape index (κ2) is 8.71. The average Bonchev–Trinajstić information content (AvgIpc) is 2.96. The molecule has 0 saturated carbocycles. The van der Waals surface area contributed by atoms with Crippen LogP contribution in [0.1, 0.15) is 33.1 Å². The largest absolute Gasteiger partial charge is 0.369 e. The van der Waals surface area contributed by atoms with Crippen molar-refractivity contribution in [1.82, 2.24) is 25.1 Å². The topological polar surface area (TPSA) is 84.7 Å². The van der Waals surface area contributed by atoms with Crippen molar-refractivity contribution < 1.29 is 4.79 Å². The van der Waals surface area contributed by atoms with E-state index < -0.39 is 0 Å². The standard InChI is InChI=1S/C15H24N6OS/c1-4-6-12(22)16-8-9-21-14-11(10-18-21)13(17-7-5-2)19-15(20-14)23-3/h10H,4-9H2,1-3H3,(H,16,22)(H,17,19,20). The number of nitrogens with one attached hydrogen (secondary N) is 2. The SMILES string of the molecule is CCCNc1nc(SC)nc2c1cnn2CCNC(=O)CCC. The molecular formula is C15H24N6OS. The van der Waals surface area contributed by atoms with Crippen molar-refractivity contribution in [3.8, 4) is 0 Å². The smallest absolute Gasteiger partial charge is 0.220 e. The quantitative estimate of drug-likeness (QED) is 0.540. The highest BCUT2D eigenvalue weighted by molar-refractivity contribution is 7.98. The molecule has 7 nitrogen and oxygen atoms in total. The molecular weight excluding hydrogens is 312 g/mol. The van der Waals surface area contributed by atoms with E-state index in [4.69, 9.17) is 0 Å². The lowest BCUT2D eigenvalue weighted by Gasteiger charge is -2.08. The molecule has 0 aliphatic carbocycles. The van der Waals surface area contributed by atoms with E-state index in [-0.39, 0.29) is 5.91 Å². The summed E-state index contributed by atoms with van der Waals surface area (Å²) >= 11 is 1.51. The van der Waals surface area contributed by atoms with Crippen LogP contribution in [-0.2, 0) is 11.3 Å². The number of rotatable bonds is 9.